The van der Waals surface area contributed by atoms with Crippen molar-refractivity contribution < 1.29 is 19.0 Å². The molecule has 0 atom stereocenters. The van der Waals surface area contributed by atoms with Crippen molar-refractivity contribution in [3.05, 3.63) is 59.2 Å². The van der Waals surface area contributed by atoms with E-state index in [4.69, 9.17) is 14.2 Å². The quantitative estimate of drug-likeness (QED) is 0.640. The predicted molar refractivity (Wildman–Crippen MR) is 99.6 cm³/mol. The summed E-state index contributed by atoms with van der Waals surface area (Å²) < 4.78 is 16.1. The number of nitrogens with zero attached hydrogens (tertiary/aromatic N) is 1. The summed E-state index contributed by atoms with van der Waals surface area (Å²) in [5.41, 5.74) is 5.37. The second kappa shape index (κ2) is 8.20. The number of hydrogen-bond acceptors (Lipinski definition) is 5. The van der Waals surface area contributed by atoms with Crippen LogP contribution in [0.25, 0.3) is 6.08 Å². The molecule has 0 saturated carbocycles. The molecule has 6 nitrogen and oxygen atoms in total. The largest absolute Gasteiger partial charge is 0.483 e. The highest BCUT2D eigenvalue weighted by molar-refractivity contribution is 5.82. The number of rotatable bonds is 6. The Kier molecular flexibility index (Phi) is 5.53. The topological polar surface area (TPSA) is 69.2 Å². The van der Waals surface area contributed by atoms with Gasteiger partial charge in [-0.25, -0.2) is 5.43 Å². The van der Waals surface area contributed by atoms with Gasteiger partial charge in [-0.2, -0.15) is 5.10 Å². The van der Waals surface area contributed by atoms with Gasteiger partial charge in [0.2, 0.25) is 6.79 Å². The Morgan fingerprint density at radius 3 is 2.77 bits per heavy atom. The van der Waals surface area contributed by atoms with Gasteiger partial charge in [0, 0.05) is 6.21 Å². The van der Waals surface area contributed by atoms with Crippen LogP contribution >= 0.6 is 0 Å². The molecule has 1 heterocycles. The molecular formula is C20H20N2O4. The average molecular weight is 352 g/mol. The Morgan fingerprint density at radius 1 is 1.19 bits per heavy atom. The van der Waals surface area contributed by atoms with Crippen molar-refractivity contribution in [1.82, 2.24) is 5.43 Å². The summed E-state index contributed by atoms with van der Waals surface area (Å²) in [5.74, 6) is 1.88. The molecular weight excluding hydrogens is 332 g/mol. The van der Waals surface area contributed by atoms with Gasteiger partial charge in [-0.3, -0.25) is 4.79 Å². The van der Waals surface area contributed by atoms with Gasteiger partial charge in [0.25, 0.3) is 5.91 Å². The van der Waals surface area contributed by atoms with Crippen LogP contribution in [0.4, 0.5) is 0 Å². The normalized spacial score (nSPS) is 12.7. The maximum Gasteiger partial charge on any atom is 0.277 e. The number of aryl methyl sites for hydroxylation is 2. The van der Waals surface area contributed by atoms with Crippen molar-refractivity contribution in [3.8, 4) is 17.2 Å². The lowest BCUT2D eigenvalue weighted by atomic mass is 10.1. The van der Waals surface area contributed by atoms with Crippen molar-refractivity contribution in [2.45, 2.75) is 13.8 Å². The maximum atomic E-state index is 11.8. The SMILES string of the molecule is Cc1cccc(C)c1OCC(=O)N/N=C/C=C/c1ccc2c(c1)OCO2. The first-order chi connectivity index (χ1) is 12.6. The summed E-state index contributed by atoms with van der Waals surface area (Å²) in [7, 11) is 0. The molecule has 134 valence electrons. The van der Waals surface area contributed by atoms with Crippen LogP contribution < -0.4 is 19.6 Å². The van der Waals surface area contributed by atoms with Crippen LogP contribution in [0.2, 0.25) is 0 Å². The average Bonchev–Trinajstić information content (AvgIpc) is 3.09. The molecule has 1 N–H and O–H groups in total. The number of carbonyl (C=O) groups excluding carboxylic acids is 1. The number of allylic oxidation sites excluding steroid dienone is 1. The van der Waals surface area contributed by atoms with E-state index in [1.54, 1.807) is 6.08 Å². The van der Waals surface area contributed by atoms with Gasteiger partial charge in [-0.1, -0.05) is 30.3 Å². The minimum Gasteiger partial charge on any atom is -0.483 e. The van der Waals surface area contributed by atoms with Gasteiger partial charge in [0.05, 0.1) is 0 Å². The maximum absolute atomic E-state index is 11.8. The number of benzene rings is 2. The van der Waals surface area contributed by atoms with E-state index >= 15 is 0 Å². The Bertz CT molecular complexity index is 839. The molecule has 0 radical (unpaired) electrons. The third-order valence-electron chi connectivity index (χ3n) is 3.79. The van der Waals surface area contributed by atoms with E-state index in [0.29, 0.717) is 0 Å². The first kappa shape index (κ1) is 17.5. The minimum atomic E-state index is -0.319. The Morgan fingerprint density at radius 2 is 1.96 bits per heavy atom. The van der Waals surface area contributed by atoms with Crippen molar-refractivity contribution in [2.24, 2.45) is 5.10 Å². The molecule has 0 saturated heterocycles. The fourth-order valence-corrected chi connectivity index (χ4v) is 2.52. The molecule has 1 aliphatic rings. The number of amides is 1. The van der Waals surface area contributed by atoms with E-state index < -0.39 is 0 Å². The van der Waals surface area contributed by atoms with Crippen LogP contribution in [0, 0.1) is 13.8 Å². The summed E-state index contributed by atoms with van der Waals surface area (Å²) >= 11 is 0. The lowest BCUT2D eigenvalue weighted by Gasteiger charge is -2.10. The molecule has 0 fully saturated rings. The number of para-hydroxylation sites is 1. The number of ether oxygens (including phenoxy) is 3. The second-order valence-electron chi connectivity index (χ2n) is 5.79. The van der Waals surface area contributed by atoms with Gasteiger partial charge in [0.1, 0.15) is 5.75 Å². The number of fused-ring (bicyclic) bond motifs is 1. The summed E-state index contributed by atoms with van der Waals surface area (Å²) in [6.07, 6.45) is 5.08. The molecule has 0 aromatic heterocycles. The van der Waals surface area contributed by atoms with Crippen LogP contribution in [0.15, 0.2) is 47.6 Å². The second-order valence-corrected chi connectivity index (χ2v) is 5.79. The third kappa shape index (κ3) is 4.42. The van der Waals surface area contributed by atoms with Crippen molar-refractivity contribution in [2.75, 3.05) is 13.4 Å². The smallest absolute Gasteiger partial charge is 0.277 e. The van der Waals surface area contributed by atoms with Gasteiger partial charge in [-0.05, 0) is 48.7 Å². The van der Waals surface area contributed by atoms with Crippen LogP contribution in [-0.4, -0.2) is 25.5 Å². The molecule has 0 spiro atoms. The Balaban J connectivity index is 1.45. The fourth-order valence-electron chi connectivity index (χ4n) is 2.52. The number of nitrogens with one attached hydrogen (secondary N) is 1. The lowest BCUT2D eigenvalue weighted by Crippen LogP contribution is -2.24. The first-order valence-electron chi connectivity index (χ1n) is 8.21. The zero-order chi connectivity index (χ0) is 18.4. The van der Waals surface area contributed by atoms with Crippen LogP contribution in [0.3, 0.4) is 0 Å². The zero-order valence-corrected chi connectivity index (χ0v) is 14.7. The summed E-state index contributed by atoms with van der Waals surface area (Å²) in [6.45, 7) is 4.05. The molecule has 1 aliphatic heterocycles. The standard InChI is InChI=1S/C20H20N2O4/c1-14-5-3-6-15(2)20(14)24-12-19(23)22-21-10-4-7-16-8-9-17-18(11-16)26-13-25-17/h3-11H,12-13H2,1-2H3,(H,22,23)/b7-4+,21-10+. The van der Waals surface area contributed by atoms with Crippen LogP contribution in [0.1, 0.15) is 16.7 Å². The molecule has 0 bridgehead atoms. The van der Waals surface area contributed by atoms with Gasteiger partial charge >= 0.3 is 0 Å². The van der Waals surface area contributed by atoms with Gasteiger partial charge in [-0.15, -0.1) is 0 Å². The molecule has 1 amide bonds. The molecule has 0 aliphatic carbocycles. The number of carbonyl (C=O) groups is 1. The lowest BCUT2D eigenvalue weighted by molar-refractivity contribution is -0.123. The fraction of sp³-hybridized carbons (Fsp3) is 0.200. The van der Waals surface area contributed by atoms with Crippen molar-refractivity contribution >= 4 is 18.2 Å². The van der Waals surface area contributed by atoms with Crippen molar-refractivity contribution in [1.29, 1.82) is 0 Å². The van der Waals surface area contributed by atoms with Gasteiger partial charge < -0.3 is 14.2 Å². The van der Waals surface area contributed by atoms with E-state index in [-0.39, 0.29) is 19.3 Å². The Labute approximate surface area is 152 Å². The molecule has 26 heavy (non-hydrogen) atoms. The minimum absolute atomic E-state index is 0.0884. The highest BCUT2D eigenvalue weighted by Crippen LogP contribution is 2.32. The summed E-state index contributed by atoms with van der Waals surface area (Å²) in [5, 5.41) is 3.87. The predicted octanol–water partition coefficient (Wildman–Crippen LogP) is 3.23. The number of hydrogen-bond donors (Lipinski definition) is 1. The monoisotopic (exact) mass is 352 g/mol. The van der Waals surface area contributed by atoms with Gasteiger partial charge in [0.15, 0.2) is 18.1 Å². The highest BCUT2D eigenvalue weighted by Gasteiger charge is 2.12. The van der Waals surface area contributed by atoms with E-state index in [2.05, 4.69) is 10.5 Å². The molecule has 2 aromatic rings. The molecule has 0 unspecified atom stereocenters. The van der Waals surface area contributed by atoms with Crippen molar-refractivity contribution in [3.63, 3.8) is 0 Å². The Hall–Kier alpha value is -3.28. The van der Waals surface area contributed by atoms with Crippen LogP contribution in [0.5, 0.6) is 17.2 Å². The highest BCUT2D eigenvalue weighted by atomic mass is 16.7. The molecule has 3 rings (SSSR count). The molecule has 2 aromatic carbocycles. The number of hydrazone groups is 1. The van der Waals surface area contributed by atoms with E-state index in [9.17, 15) is 4.79 Å². The van der Waals surface area contributed by atoms with E-state index in [1.165, 1.54) is 6.21 Å². The molecule has 6 heteroatoms. The summed E-state index contributed by atoms with van der Waals surface area (Å²) in [6, 6.07) is 11.5. The van der Waals surface area contributed by atoms with E-state index in [0.717, 1.165) is 33.9 Å². The first-order valence-corrected chi connectivity index (χ1v) is 8.21. The third-order valence-corrected chi connectivity index (χ3v) is 3.79. The van der Waals surface area contributed by atoms with E-state index in [1.807, 2.05) is 56.3 Å². The summed E-state index contributed by atoms with van der Waals surface area (Å²) in [4.78, 5) is 11.8. The zero-order valence-electron chi connectivity index (χ0n) is 14.7. The van der Waals surface area contributed by atoms with Crippen LogP contribution in [-0.2, 0) is 4.79 Å².